The van der Waals surface area contributed by atoms with Crippen LogP contribution in [0.2, 0.25) is 0 Å². The van der Waals surface area contributed by atoms with Gasteiger partial charge in [-0.15, -0.1) is 0 Å². The lowest BCUT2D eigenvalue weighted by Gasteiger charge is -2.46. The van der Waals surface area contributed by atoms with E-state index < -0.39 is 0 Å². The van der Waals surface area contributed by atoms with Crippen molar-refractivity contribution >= 4 is 101 Å². The fourth-order valence-electron chi connectivity index (χ4n) is 20.3. The summed E-state index contributed by atoms with van der Waals surface area (Å²) < 4.78 is 5.14. The van der Waals surface area contributed by atoms with Gasteiger partial charge >= 0.3 is 0 Å². The van der Waals surface area contributed by atoms with Crippen molar-refractivity contribution < 1.29 is 0 Å². The Morgan fingerprint density at radius 2 is 0.480 bits per heavy atom. The third-order valence-electron chi connectivity index (χ3n) is 27.9. The predicted octanol–water partition coefficient (Wildman–Crippen LogP) is 32.9. The summed E-state index contributed by atoms with van der Waals surface area (Å²) in [5.41, 5.74) is 40.2. The number of fused-ring (bicyclic) bond motifs is 10. The maximum Gasteiger partial charge on any atom is 0.252 e. The Balaban J connectivity index is 1.08. The van der Waals surface area contributed by atoms with E-state index in [-0.39, 0.29) is 66.3 Å². The summed E-state index contributed by atoms with van der Waals surface area (Å²) in [6, 6.07) is 98.0. The molecule has 0 saturated heterocycles. The zero-order valence-electron chi connectivity index (χ0n) is 83.0. The van der Waals surface area contributed by atoms with Crippen molar-refractivity contribution in [2.45, 2.75) is 288 Å². The number of hydrogen-bond donors (Lipinski definition) is 0. The molecule has 650 valence electrons. The van der Waals surface area contributed by atoms with E-state index in [2.05, 4.69) is 490 Å². The molecule has 2 aliphatic rings. The third kappa shape index (κ3) is 15.6. The van der Waals surface area contributed by atoms with E-state index in [1.807, 2.05) is 0 Å². The first kappa shape index (κ1) is 88.2. The van der Waals surface area contributed by atoms with Crippen molar-refractivity contribution in [2.75, 3.05) is 9.80 Å². The molecule has 4 heterocycles. The standard InChI is InChI=1S/C122H139BN4/c1-112(2,3)78-48-42-74(43-49-78)87-56-46-76(109-93(119(22,23)24)66-82(116(13,14)15)67-94(109)120(25,26)27)62-103(87)126-105-72-85(124-99-40-36-34-38-89(99)91-64-80(114(7,8)9)52-60-101(91)124)54-58-97(105)123-98-59-55-86(125-100-41-37-35-39-90(100)92-65-81(115(10,11)12)53-61-102(92)125)73-106(98)127(108-71-84(118(19,20)21)70-107(126)111(108)123)104-63-77(47-57-88(104)75-44-50-79(51-45-75)113(4,5)6)110-95(121(28,29)30)68-83(117(16,17)18)69-96(110)122(31,32)33/h34-73H,1-33H3. The van der Waals surface area contributed by atoms with Crippen molar-refractivity contribution in [3.05, 3.63) is 304 Å². The van der Waals surface area contributed by atoms with Gasteiger partial charge in [-0.25, -0.2) is 0 Å². The van der Waals surface area contributed by atoms with Crippen LogP contribution in [0.15, 0.2) is 243 Å². The molecule has 0 fully saturated rings. The van der Waals surface area contributed by atoms with Crippen LogP contribution in [0.3, 0.4) is 0 Å². The highest BCUT2D eigenvalue weighted by Gasteiger charge is 2.47. The van der Waals surface area contributed by atoms with Gasteiger partial charge in [-0.05, 0) is 255 Å². The lowest BCUT2D eigenvalue weighted by atomic mass is 9.33. The molecule has 2 aliphatic heterocycles. The number of anilines is 6. The van der Waals surface area contributed by atoms with Gasteiger partial charge in [-0.3, -0.25) is 0 Å². The molecule has 0 atom stereocenters. The maximum atomic E-state index is 2.79. The zero-order chi connectivity index (χ0) is 91.6. The summed E-state index contributed by atoms with van der Waals surface area (Å²) in [5, 5.41) is 5.00. The van der Waals surface area contributed by atoms with Crippen LogP contribution in [0.25, 0.3) is 99.5 Å². The molecular formula is C122H139BN4. The van der Waals surface area contributed by atoms with E-state index in [9.17, 15) is 0 Å². The predicted molar refractivity (Wildman–Crippen MR) is 557 cm³/mol. The Bertz CT molecular complexity index is 6440. The molecule has 13 aromatic carbocycles. The van der Waals surface area contributed by atoms with Crippen LogP contribution in [0.1, 0.15) is 290 Å². The Hall–Kier alpha value is -10.9. The van der Waals surface area contributed by atoms with Gasteiger partial charge in [0.1, 0.15) is 0 Å². The molecule has 127 heavy (non-hydrogen) atoms. The molecule has 0 saturated carbocycles. The smallest absolute Gasteiger partial charge is 0.252 e. The highest BCUT2D eigenvalue weighted by molar-refractivity contribution is 7.00. The molecule has 2 aromatic heterocycles. The van der Waals surface area contributed by atoms with E-state index in [1.54, 1.807) is 0 Å². The van der Waals surface area contributed by atoms with Crippen LogP contribution in [0.4, 0.5) is 34.1 Å². The van der Waals surface area contributed by atoms with Crippen molar-refractivity contribution in [1.82, 2.24) is 9.13 Å². The number of aromatic nitrogens is 2. The lowest BCUT2D eigenvalue weighted by Crippen LogP contribution is -2.61. The monoisotopic (exact) mass is 1670 g/mol. The molecule has 4 nitrogen and oxygen atoms in total. The molecule has 17 rings (SSSR count). The summed E-state index contributed by atoms with van der Waals surface area (Å²) in [7, 11) is 0. The topological polar surface area (TPSA) is 16.3 Å². The average Bonchev–Trinajstić information content (AvgIpc) is 1.17. The molecule has 0 unspecified atom stereocenters. The summed E-state index contributed by atoms with van der Waals surface area (Å²) in [6.07, 6.45) is 0. The van der Waals surface area contributed by atoms with Gasteiger partial charge in [0, 0.05) is 66.8 Å². The van der Waals surface area contributed by atoms with Crippen molar-refractivity contribution in [3.63, 3.8) is 0 Å². The van der Waals surface area contributed by atoms with E-state index in [0.29, 0.717) is 0 Å². The Kier molecular flexibility index (Phi) is 20.7. The number of rotatable bonds is 8. The second-order valence-electron chi connectivity index (χ2n) is 48.9. The fraction of sp³-hybridized carbons (Fsp3) is 0.361. The second-order valence-corrected chi connectivity index (χ2v) is 48.9. The highest BCUT2D eigenvalue weighted by Crippen LogP contribution is 2.56. The van der Waals surface area contributed by atoms with Gasteiger partial charge in [-0.2, -0.15) is 0 Å². The molecule has 5 heteroatoms. The minimum Gasteiger partial charge on any atom is -0.311 e. The van der Waals surface area contributed by atoms with E-state index in [0.717, 1.165) is 45.3 Å². The quantitative estimate of drug-likeness (QED) is 0.141. The van der Waals surface area contributed by atoms with Crippen LogP contribution < -0.4 is 26.2 Å². The SMILES string of the molecule is CC(C)(C)c1ccc(-c2ccc(-c3c(C(C)(C)C)cc(C(C)(C)C)cc3C(C)(C)C)cc2N2c3cc(-n4c5ccccc5c5cc(C(C)(C)C)ccc54)ccc3B3c4ccc(-n5c6ccccc6c6cc(C(C)(C)C)ccc65)cc4N(c4cc(-c5c(C(C)(C)C)cc(C(C)(C)C)cc5C(C)(C)C)ccc4-c4ccc(C(C)(C)C)cc4)c4cc(C(C)(C)C)cc2c43)cc1. The largest absolute Gasteiger partial charge is 0.311 e. The van der Waals surface area contributed by atoms with E-state index in [4.69, 9.17) is 0 Å². The van der Waals surface area contributed by atoms with E-state index in [1.165, 1.54) is 166 Å². The lowest BCUT2D eigenvalue weighted by molar-refractivity contribution is 0.550. The molecule has 0 aliphatic carbocycles. The molecule has 0 N–H and O–H groups in total. The number of para-hydroxylation sites is 2. The van der Waals surface area contributed by atoms with E-state index >= 15 is 0 Å². The van der Waals surface area contributed by atoms with Gasteiger partial charge in [0.25, 0.3) is 6.71 Å². The average molecular weight is 1670 g/mol. The number of hydrogen-bond acceptors (Lipinski definition) is 2. The minimum absolute atomic E-state index is 0.0602. The third-order valence-corrected chi connectivity index (χ3v) is 27.9. The van der Waals surface area contributed by atoms with Gasteiger partial charge in [0.05, 0.1) is 33.4 Å². The molecule has 15 aromatic rings. The minimum atomic E-state index is -0.372. The van der Waals surface area contributed by atoms with Crippen LogP contribution in [-0.2, 0) is 59.6 Å². The molecule has 0 amide bonds. The highest BCUT2D eigenvalue weighted by atomic mass is 15.2. The fourth-order valence-corrected chi connectivity index (χ4v) is 20.3. The van der Waals surface area contributed by atoms with Crippen LogP contribution in [-0.4, -0.2) is 15.8 Å². The first-order chi connectivity index (χ1) is 58.9. The second kappa shape index (κ2) is 29.9. The summed E-state index contributed by atoms with van der Waals surface area (Å²) in [4.78, 5) is 5.57. The van der Waals surface area contributed by atoms with Gasteiger partial charge in [0.2, 0.25) is 0 Å². The Labute approximate surface area is 762 Å². The summed E-state index contributed by atoms with van der Waals surface area (Å²) >= 11 is 0. The zero-order valence-corrected chi connectivity index (χ0v) is 83.0. The maximum absolute atomic E-state index is 2.79. The first-order valence-corrected chi connectivity index (χ1v) is 47.0. The van der Waals surface area contributed by atoms with Crippen molar-refractivity contribution in [2.24, 2.45) is 0 Å². The van der Waals surface area contributed by atoms with Gasteiger partial charge < -0.3 is 18.9 Å². The molecular weight excluding hydrogens is 1530 g/mol. The summed E-state index contributed by atoms with van der Waals surface area (Å²) in [6.45, 7) is 78.6. The van der Waals surface area contributed by atoms with Crippen molar-refractivity contribution in [1.29, 1.82) is 0 Å². The molecule has 0 bridgehead atoms. The number of benzene rings is 13. The van der Waals surface area contributed by atoms with Gasteiger partial charge in [0.15, 0.2) is 0 Å². The van der Waals surface area contributed by atoms with Crippen molar-refractivity contribution in [3.8, 4) is 55.9 Å². The molecule has 0 radical (unpaired) electrons. The Morgan fingerprint density at radius 1 is 0.197 bits per heavy atom. The van der Waals surface area contributed by atoms with Gasteiger partial charge in [-0.1, -0.05) is 386 Å². The van der Waals surface area contributed by atoms with Crippen LogP contribution in [0, 0.1) is 0 Å². The number of nitrogens with zero attached hydrogens (tertiary/aromatic N) is 4. The Morgan fingerprint density at radius 3 is 0.787 bits per heavy atom. The normalized spacial score (nSPS) is 14.0. The van der Waals surface area contributed by atoms with Crippen LogP contribution >= 0.6 is 0 Å². The van der Waals surface area contributed by atoms with Crippen LogP contribution in [0.5, 0.6) is 0 Å². The molecule has 0 spiro atoms. The summed E-state index contributed by atoms with van der Waals surface area (Å²) in [5.74, 6) is 0. The first-order valence-electron chi connectivity index (χ1n) is 47.0.